The molecule has 0 radical (unpaired) electrons. The van der Waals surface area contributed by atoms with E-state index < -0.39 is 0 Å². The molecule has 2 aromatic heterocycles. The van der Waals surface area contributed by atoms with Gasteiger partial charge in [-0.3, -0.25) is 9.78 Å². The van der Waals surface area contributed by atoms with Crippen LogP contribution in [0.15, 0.2) is 73.2 Å². The molecule has 1 aliphatic heterocycles. The van der Waals surface area contributed by atoms with Crippen molar-refractivity contribution in [3.05, 3.63) is 112 Å². The third kappa shape index (κ3) is 5.55. The quantitative estimate of drug-likeness (QED) is 0.235. The SMILES string of the molecule is COc1cc(Cc2cnc(N)nc2N)cc(C(=O)/C=C/N2CCc3ccccc3C2c2cc(Cl)ccn2)c1OC. The lowest BCUT2D eigenvalue weighted by atomic mass is 9.90. The Hall–Kier alpha value is -4.63. The topological polar surface area (TPSA) is 129 Å². The highest BCUT2D eigenvalue weighted by Gasteiger charge is 2.28. The first-order valence-electron chi connectivity index (χ1n) is 12.7. The zero-order valence-corrected chi connectivity index (χ0v) is 22.9. The number of hydrogen-bond donors (Lipinski definition) is 2. The lowest BCUT2D eigenvalue weighted by molar-refractivity contribution is 0.104. The molecule has 5 rings (SSSR count). The molecule has 0 spiro atoms. The summed E-state index contributed by atoms with van der Waals surface area (Å²) in [6.45, 7) is 0.705. The number of ether oxygens (including phenoxy) is 2. The number of hydrogen-bond acceptors (Lipinski definition) is 9. The summed E-state index contributed by atoms with van der Waals surface area (Å²) in [6.07, 6.45) is 7.85. The number of fused-ring (bicyclic) bond motifs is 1. The molecule has 1 unspecified atom stereocenters. The zero-order chi connectivity index (χ0) is 28.2. The van der Waals surface area contributed by atoms with Crippen LogP contribution in [0.5, 0.6) is 11.5 Å². The molecule has 0 bridgehead atoms. The summed E-state index contributed by atoms with van der Waals surface area (Å²) in [4.78, 5) is 28.4. The predicted octanol–water partition coefficient (Wildman–Crippen LogP) is 4.64. The number of methoxy groups -OCH3 is 2. The van der Waals surface area contributed by atoms with Gasteiger partial charge in [0.1, 0.15) is 5.82 Å². The van der Waals surface area contributed by atoms with Crippen LogP contribution in [-0.2, 0) is 12.8 Å². The van der Waals surface area contributed by atoms with Crippen molar-refractivity contribution in [2.45, 2.75) is 18.9 Å². The molecule has 0 saturated heterocycles. The number of carbonyl (C=O) groups is 1. The van der Waals surface area contributed by atoms with Crippen molar-refractivity contribution >= 4 is 29.2 Å². The number of nitrogens with zero attached hydrogens (tertiary/aromatic N) is 4. The first-order valence-corrected chi connectivity index (χ1v) is 13.0. The summed E-state index contributed by atoms with van der Waals surface area (Å²) in [6, 6.07) is 15.3. The van der Waals surface area contributed by atoms with Gasteiger partial charge >= 0.3 is 0 Å². The zero-order valence-electron chi connectivity index (χ0n) is 22.2. The molecule has 1 aliphatic rings. The Balaban J connectivity index is 1.49. The van der Waals surface area contributed by atoms with Crippen LogP contribution in [0.2, 0.25) is 5.02 Å². The summed E-state index contributed by atoms with van der Waals surface area (Å²) in [5.74, 6) is 0.913. The van der Waals surface area contributed by atoms with Gasteiger partial charge in [-0.1, -0.05) is 35.9 Å². The summed E-state index contributed by atoms with van der Waals surface area (Å²) in [5, 5.41) is 0.605. The molecular weight excluding hydrogens is 528 g/mol. The van der Waals surface area contributed by atoms with Gasteiger partial charge in [0.05, 0.1) is 31.5 Å². The standard InChI is InChI=1S/C30H29ClN6O3/c1-39-26-15-18(13-20-17-35-30(33)36-29(20)32)14-23(28(26)40-2)25(38)9-12-37-11-8-19-5-3-4-6-22(19)27(37)24-16-21(31)7-10-34-24/h3-7,9-10,12,14-17,27H,8,11,13H2,1-2H3,(H4,32,33,35,36)/b12-9+. The maximum absolute atomic E-state index is 13.6. The smallest absolute Gasteiger partial charge is 0.221 e. The van der Waals surface area contributed by atoms with E-state index in [1.807, 2.05) is 24.4 Å². The van der Waals surface area contributed by atoms with E-state index in [-0.39, 0.29) is 23.6 Å². The van der Waals surface area contributed by atoms with Crippen molar-refractivity contribution < 1.29 is 14.3 Å². The minimum atomic E-state index is -0.241. The van der Waals surface area contributed by atoms with E-state index in [1.54, 1.807) is 36.7 Å². The van der Waals surface area contributed by atoms with Gasteiger partial charge in [0.25, 0.3) is 0 Å². The Morgan fingerprint density at radius 1 is 1.12 bits per heavy atom. The second-order valence-corrected chi connectivity index (χ2v) is 9.80. The van der Waals surface area contributed by atoms with E-state index >= 15 is 0 Å². The largest absolute Gasteiger partial charge is 0.493 e. The minimum Gasteiger partial charge on any atom is -0.493 e. The third-order valence-electron chi connectivity index (χ3n) is 6.88. The molecule has 0 saturated carbocycles. The average Bonchev–Trinajstić information content (AvgIpc) is 2.96. The molecule has 1 atom stereocenters. The molecule has 0 aliphatic carbocycles. The van der Waals surface area contributed by atoms with Crippen molar-refractivity contribution in [2.24, 2.45) is 0 Å². The fourth-order valence-corrected chi connectivity index (χ4v) is 5.16. The molecule has 40 heavy (non-hydrogen) atoms. The number of benzene rings is 2. The maximum Gasteiger partial charge on any atom is 0.221 e. The van der Waals surface area contributed by atoms with Crippen LogP contribution in [0.3, 0.4) is 0 Å². The van der Waals surface area contributed by atoms with E-state index in [2.05, 4.69) is 32.0 Å². The van der Waals surface area contributed by atoms with Crippen LogP contribution < -0.4 is 20.9 Å². The van der Waals surface area contributed by atoms with Crippen LogP contribution in [0.4, 0.5) is 11.8 Å². The molecule has 10 heteroatoms. The van der Waals surface area contributed by atoms with Gasteiger partial charge < -0.3 is 25.8 Å². The number of rotatable bonds is 8. The van der Waals surface area contributed by atoms with Gasteiger partial charge in [0.15, 0.2) is 17.3 Å². The predicted molar refractivity (Wildman–Crippen MR) is 155 cm³/mol. The van der Waals surface area contributed by atoms with Crippen LogP contribution in [0.1, 0.15) is 44.3 Å². The number of nitrogens with two attached hydrogens (primary N) is 2. The first-order chi connectivity index (χ1) is 19.4. The molecule has 3 heterocycles. The number of ketones is 1. The van der Waals surface area contributed by atoms with E-state index in [1.165, 1.54) is 19.8 Å². The van der Waals surface area contributed by atoms with E-state index in [0.29, 0.717) is 40.6 Å². The van der Waals surface area contributed by atoms with Crippen molar-refractivity contribution in [3.63, 3.8) is 0 Å². The summed E-state index contributed by atoms with van der Waals surface area (Å²) >= 11 is 6.32. The molecule has 0 amide bonds. The monoisotopic (exact) mass is 556 g/mol. The van der Waals surface area contributed by atoms with Gasteiger partial charge in [-0.2, -0.15) is 4.98 Å². The van der Waals surface area contributed by atoms with Crippen LogP contribution >= 0.6 is 11.6 Å². The van der Waals surface area contributed by atoms with Crippen LogP contribution in [0.25, 0.3) is 0 Å². The van der Waals surface area contributed by atoms with Crippen LogP contribution in [-0.4, -0.2) is 46.4 Å². The molecular formula is C30H29ClN6O3. The number of halogens is 1. The van der Waals surface area contributed by atoms with Gasteiger partial charge in [-0.15, -0.1) is 0 Å². The first kappa shape index (κ1) is 27.0. The van der Waals surface area contributed by atoms with Crippen LogP contribution in [0, 0.1) is 0 Å². The van der Waals surface area contributed by atoms with E-state index in [0.717, 1.165) is 23.2 Å². The molecule has 2 aromatic carbocycles. The lowest BCUT2D eigenvalue weighted by Gasteiger charge is -2.36. The fourth-order valence-electron chi connectivity index (χ4n) is 5.00. The van der Waals surface area contributed by atoms with Gasteiger partial charge in [-0.25, -0.2) is 4.98 Å². The summed E-state index contributed by atoms with van der Waals surface area (Å²) in [5.41, 5.74) is 16.7. The number of anilines is 2. The Bertz CT molecular complexity index is 1590. The second kappa shape index (κ2) is 11.6. The highest BCUT2D eigenvalue weighted by Crippen LogP contribution is 2.37. The Morgan fingerprint density at radius 2 is 1.95 bits per heavy atom. The minimum absolute atomic E-state index is 0.0983. The number of carbonyl (C=O) groups excluding carboxylic acids is 1. The number of pyridine rings is 1. The molecule has 204 valence electrons. The van der Waals surface area contributed by atoms with Gasteiger partial charge in [0.2, 0.25) is 5.95 Å². The number of aromatic nitrogens is 3. The molecule has 9 nitrogen and oxygen atoms in total. The summed E-state index contributed by atoms with van der Waals surface area (Å²) in [7, 11) is 3.03. The highest BCUT2D eigenvalue weighted by atomic mass is 35.5. The van der Waals surface area contributed by atoms with Crippen molar-refractivity contribution in [1.82, 2.24) is 19.9 Å². The fraction of sp³-hybridized carbons (Fsp3) is 0.200. The summed E-state index contributed by atoms with van der Waals surface area (Å²) < 4.78 is 11.2. The maximum atomic E-state index is 13.6. The molecule has 4 aromatic rings. The lowest BCUT2D eigenvalue weighted by Crippen LogP contribution is -2.32. The molecule has 4 N–H and O–H groups in total. The molecule has 0 fully saturated rings. The highest BCUT2D eigenvalue weighted by molar-refractivity contribution is 6.30. The Labute approximate surface area is 237 Å². The van der Waals surface area contributed by atoms with Crippen molar-refractivity contribution in [3.8, 4) is 11.5 Å². The Morgan fingerprint density at radius 3 is 2.70 bits per heavy atom. The second-order valence-electron chi connectivity index (χ2n) is 9.36. The number of allylic oxidation sites excluding steroid dienone is 1. The normalized spacial score (nSPS) is 14.7. The number of nitrogen functional groups attached to an aromatic ring is 2. The Kier molecular flexibility index (Phi) is 7.84. The average molecular weight is 557 g/mol. The van der Waals surface area contributed by atoms with Gasteiger partial charge in [-0.05, 0) is 47.4 Å². The van der Waals surface area contributed by atoms with E-state index in [4.69, 9.17) is 32.5 Å². The van der Waals surface area contributed by atoms with Crippen molar-refractivity contribution in [1.29, 1.82) is 0 Å². The van der Waals surface area contributed by atoms with Crippen molar-refractivity contribution in [2.75, 3.05) is 32.2 Å². The van der Waals surface area contributed by atoms with Gasteiger partial charge in [0, 0.05) is 48.2 Å². The third-order valence-corrected chi connectivity index (χ3v) is 7.11. The van der Waals surface area contributed by atoms with E-state index in [9.17, 15) is 4.79 Å².